The minimum Gasteiger partial charge on any atom is -0.450 e. The summed E-state index contributed by atoms with van der Waals surface area (Å²) < 4.78 is 34.0. The van der Waals surface area contributed by atoms with Crippen molar-refractivity contribution in [2.24, 2.45) is 11.8 Å². The third-order valence-corrected chi connectivity index (χ3v) is 8.31. The molecule has 0 radical (unpaired) electrons. The average Bonchev–Trinajstić information content (AvgIpc) is 2.74. The van der Waals surface area contributed by atoms with Crippen molar-refractivity contribution < 1.29 is 23.1 Å². The van der Waals surface area contributed by atoms with Crippen LogP contribution in [0.4, 0.5) is 4.79 Å². The van der Waals surface area contributed by atoms with Crippen LogP contribution in [-0.4, -0.2) is 36.8 Å². The Morgan fingerprint density at radius 2 is 1.80 bits per heavy atom. The van der Waals surface area contributed by atoms with Gasteiger partial charge in [0.15, 0.2) is 6.23 Å². The van der Waals surface area contributed by atoms with Gasteiger partial charge in [-0.3, -0.25) is 0 Å². The lowest BCUT2D eigenvalue weighted by Crippen LogP contribution is -2.54. The number of fused-ring (bicyclic) bond motifs is 1. The second kappa shape index (κ2) is 8.57. The molecule has 0 bridgehead atoms. The summed E-state index contributed by atoms with van der Waals surface area (Å²) in [5.74, 6) is 0.153. The molecule has 6 nitrogen and oxygen atoms in total. The van der Waals surface area contributed by atoms with E-state index < -0.39 is 22.4 Å². The maximum atomic E-state index is 13.8. The van der Waals surface area contributed by atoms with Gasteiger partial charge in [0.05, 0.1) is 4.90 Å². The van der Waals surface area contributed by atoms with E-state index in [2.05, 4.69) is 0 Å². The monoisotopic (exact) mass is 449 g/mol. The highest BCUT2D eigenvalue weighted by atomic mass is 35.5. The summed E-state index contributed by atoms with van der Waals surface area (Å²) in [6, 6.07) is 14.0. The Kier molecular flexibility index (Phi) is 6.04. The van der Waals surface area contributed by atoms with Gasteiger partial charge in [0.1, 0.15) is 0 Å². The van der Waals surface area contributed by atoms with E-state index in [1.165, 1.54) is 10.4 Å². The number of nitrogens with zero attached hydrogens (tertiary/aromatic N) is 1. The maximum absolute atomic E-state index is 13.8. The van der Waals surface area contributed by atoms with Crippen molar-refractivity contribution in [2.45, 2.75) is 43.2 Å². The van der Waals surface area contributed by atoms with Crippen molar-refractivity contribution in [3.63, 3.8) is 0 Å². The van der Waals surface area contributed by atoms with Crippen molar-refractivity contribution in [1.29, 1.82) is 0 Å². The Morgan fingerprint density at radius 3 is 2.53 bits per heavy atom. The van der Waals surface area contributed by atoms with Crippen LogP contribution in [0.25, 0.3) is 11.1 Å². The molecule has 3 atom stereocenters. The molecular weight excluding hydrogens is 426 g/mol. The summed E-state index contributed by atoms with van der Waals surface area (Å²) in [5.41, 5.74) is 1.27. The molecular formula is C22H24ClNO5S. The van der Waals surface area contributed by atoms with Crippen LogP contribution in [0.5, 0.6) is 0 Å². The molecule has 1 saturated heterocycles. The zero-order chi connectivity index (χ0) is 21.3. The third kappa shape index (κ3) is 4.06. The minimum atomic E-state index is -4.05. The van der Waals surface area contributed by atoms with E-state index in [1.807, 2.05) is 30.3 Å². The molecule has 1 aliphatic heterocycles. The molecule has 2 fully saturated rings. The van der Waals surface area contributed by atoms with E-state index in [0.29, 0.717) is 17.0 Å². The lowest BCUT2D eigenvalue weighted by atomic mass is 9.74. The van der Waals surface area contributed by atoms with Crippen LogP contribution in [0.15, 0.2) is 53.4 Å². The van der Waals surface area contributed by atoms with Gasteiger partial charge in [-0.25, -0.2) is 13.2 Å². The first-order valence-electron chi connectivity index (χ1n) is 10.1. The van der Waals surface area contributed by atoms with Gasteiger partial charge in [-0.1, -0.05) is 60.8 Å². The highest BCUT2D eigenvalue weighted by molar-refractivity contribution is 7.89. The minimum absolute atomic E-state index is 0.0643. The lowest BCUT2D eigenvalue weighted by Gasteiger charge is -2.45. The Hall–Kier alpha value is -2.09. The molecule has 2 aromatic rings. The Labute approximate surface area is 181 Å². The van der Waals surface area contributed by atoms with Crippen LogP contribution >= 0.6 is 11.6 Å². The van der Waals surface area contributed by atoms with Crippen LogP contribution in [0, 0.1) is 11.8 Å². The molecule has 4 rings (SSSR count). The number of piperidine rings is 1. The van der Waals surface area contributed by atoms with E-state index in [1.54, 1.807) is 12.1 Å². The highest BCUT2D eigenvalue weighted by Gasteiger charge is 2.47. The molecule has 1 saturated carbocycles. The Balaban J connectivity index is 1.79. The van der Waals surface area contributed by atoms with Gasteiger partial charge in [0.25, 0.3) is 0 Å². The number of hydrogen-bond acceptors (Lipinski definition) is 4. The van der Waals surface area contributed by atoms with Gasteiger partial charge in [-0.2, -0.15) is 4.31 Å². The van der Waals surface area contributed by atoms with Gasteiger partial charge in [-0.15, -0.1) is 0 Å². The zero-order valence-electron chi connectivity index (χ0n) is 16.4. The molecule has 1 aliphatic carbocycles. The summed E-state index contributed by atoms with van der Waals surface area (Å²) in [6.07, 6.45) is 1.99. The number of carbonyl (C=O) groups is 1. The Bertz CT molecular complexity index is 1030. The maximum Gasteiger partial charge on any atom is 0.507 e. The van der Waals surface area contributed by atoms with Gasteiger partial charge in [0, 0.05) is 23.0 Å². The SMILES string of the molecule is O=C(O)OC1C2CCCCC2CCN1S(=O)(=O)c1cc(Cl)ccc1-c1ccccc1. The molecule has 0 spiro atoms. The quantitative estimate of drug-likeness (QED) is 0.646. The van der Waals surface area contributed by atoms with E-state index >= 15 is 0 Å². The normalized spacial score (nSPS) is 24.8. The topological polar surface area (TPSA) is 83.9 Å². The van der Waals surface area contributed by atoms with Gasteiger partial charge >= 0.3 is 6.16 Å². The number of hydrogen-bond donors (Lipinski definition) is 1. The molecule has 0 aromatic heterocycles. The fourth-order valence-corrected chi connectivity index (χ4v) is 6.85. The number of halogens is 1. The van der Waals surface area contributed by atoms with E-state index in [4.69, 9.17) is 16.3 Å². The van der Waals surface area contributed by atoms with Crippen LogP contribution in [-0.2, 0) is 14.8 Å². The zero-order valence-corrected chi connectivity index (χ0v) is 18.0. The second-order valence-electron chi connectivity index (χ2n) is 7.89. The summed E-state index contributed by atoms with van der Waals surface area (Å²) in [4.78, 5) is 11.5. The van der Waals surface area contributed by atoms with Crippen LogP contribution in [0.2, 0.25) is 5.02 Å². The summed E-state index contributed by atoms with van der Waals surface area (Å²) in [7, 11) is -4.05. The summed E-state index contributed by atoms with van der Waals surface area (Å²) in [6.45, 7) is 0.224. The van der Waals surface area contributed by atoms with Crippen LogP contribution in [0.3, 0.4) is 0 Å². The smallest absolute Gasteiger partial charge is 0.450 e. The molecule has 2 aliphatic rings. The van der Waals surface area contributed by atoms with Crippen LogP contribution < -0.4 is 0 Å². The summed E-state index contributed by atoms with van der Waals surface area (Å²) >= 11 is 6.17. The van der Waals surface area contributed by atoms with Crippen molar-refractivity contribution in [1.82, 2.24) is 4.31 Å². The van der Waals surface area contributed by atoms with E-state index in [9.17, 15) is 18.3 Å². The van der Waals surface area contributed by atoms with Crippen molar-refractivity contribution >= 4 is 27.8 Å². The van der Waals surface area contributed by atoms with E-state index in [0.717, 1.165) is 31.2 Å². The standard InChI is InChI=1S/C22H24ClNO5S/c23-17-10-11-18(15-6-2-1-3-7-15)20(14-17)30(27,28)24-13-12-16-8-4-5-9-19(16)21(24)29-22(25)26/h1-3,6-7,10-11,14,16,19,21H,4-5,8-9,12-13H2,(H,25,26). The average molecular weight is 450 g/mol. The molecule has 1 N–H and O–H groups in total. The fraction of sp³-hybridized carbons (Fsp3) is 0.409. The largest absolute Gasteiger partial charge is 0.507 e. The fourth-order valence-electron chi connectivity index (χ4n) is 4.80. The first-order valence-corrected chi connectivity index (χ1v) is 12.0. The van der Waals surface area contributed by atoms with Gasteiger partial charge in [0.2, 0.25) is 10.0 Å². The van der Waals surface area contributed by atoms with Crippen molar-refractivity contribution in [2.75, 3.05) is 6.54 Å². The number of benzene rings is 2. The number of ether oxygens (including phenoxy) is 1. The molecule has 3 unspecified atom stereocenters. The second-order valence-corrected chi connectivity index (χ2v) is 10.2. The van der Waals surface area contributed by atoms with Crippen LogP contribution in [0.1, 0.15) is 32.1 Å². The first kappa shape index (κ1) is 21.2. The van der Waals surface area contributed by atoms with Crippen molar-refractivity contribution in [3.05, 3.63) is 53.6 Å². The molecule has 30 heavy (non-hydrogen) atoms. The van der Waals surface area contributed by atoms with Crippen molar-refractivity contribution in [3.8, 4) is 11.1 Å². The molecule has 1 heterocycles. The number of carboxylic acid groups (broad SMARTS) is 1. The van der Waals surface area contributed by atoms with E-state index in [-0.39, 0.29) is 23.3 Å². The van der Waals surface area contributed by atoms with Gasteiger partial charge < -0.3 is 9.84 Å². The highest BCUT2D eigenvalue weighted by Crippen LogP contribution is 2.43. The summed E-state index contributed by atoms with van der Waals surface area (Å²) in [5, 5.41) is 9.62. The predicted octanol–water partition coefficient (Wildman–Crippen LogP) is 5.23. The molecule has 2 aromatic carbocycles. The Morgan fingerprint density at radius 1 is 1.07 bits per heavy atom. The molecule has 8 heteroatoms. The number of sulfonamides is 1. The molecule has 0 amide bonds. The lowest BCUT2D eigenvalue weighted by molar-refractivity contribution is -0.0819. The third-order valence-electron chi connectivity index (χ3n) is 6.17. The number of rotatable bonds is 4. The first-order chi connectivity index (χ1) is 14.4. The van der Waals surface area contributed by atoms with Gasteiger partial charge in [-0.05, 0) is 42.9 Å². The predicted molar refractivity (Wildman–Crippen MR) is 114 cm³/mol. The molecule has 160 valence electrons.